The average Bonchev–Trinajstić information content (AvgIpc) is 2.49. The third-order valence-corrected chi connectivity index (χ3v) is 6.65. The van der Waals surface area contributed by atoms with Crippen LogP contribution in [0.15, 0.2) is 24.3 Å². The maximum atomic E-state index is 6.41. The predicted molar refractivity (Wildman–Crippen MR) is 94.7 cm³/mol. The molecule has 0 bridgehead atoms. The monoisotopic (exact) mass is 356 g/mol. The Balaban J connectivity index is 2.02. The highest BCUT2D eigenvalue weighted by atomic mass is 35.5. The first-order chi connectivity index (χ1) is 10.2. The van der Waals surface area contributed by atoms with Gasteiger partial charge in [-0.15, -0.1) is 11.8 Å². The Bertz CT molecular complexity index is 635. The van der Waals surface area contributed by atoms with Crippen molar-refractivity contribution >= 4 is 46.7 Å². The fourth-order valence-corrected chi connectivity index (χ4v) is 5.48. The van der Waals surface area contributed by atoms with Gasteiger partial charge in [0.2, 0.25) is 0 Å². The molecule has 1 aromatic carbocycles. The second-order valence-electron chi connectivity index (χ2n) is 4.79. The SMILES string of the molecule is Cc1ccccc1-c1c(Cl)nc(C2CSCCS2)nc1Cl. The van der Waals surface area contributed by atoms with E-state index in [9.17, 15) is 0 Å². The number of thioether (sulfide) groups is 2. The lowest BCUT2D eigenvalue weighted by molar-refractivity contribution is 0.925. The Kier molecular flexibility index (Phi) is 4.99. The Hall–Kier alpha value is -0.420. The summed E-state index contributed by atoms with van der Waals surface area (Å²) in [5.74, 6) is 4.07. The van der Waals surface area contributed by atoms with Gasteiger partial charge in [-0.3, -0.25) is 0 Å². The summed E-state index contributed by atoms with van der Waals surface area (Å²) in [5.41, 5.74) is 2.83. The van der Waals surface area contributed by atoms with Gasteiger partial charge in [0.25, 0.3) is 0 Å². The Morgan fingerprint density at radius 3 is 2.43 bits per heavy atom. The molecule has 3 rings (SSSR count). The van der Waals surface area contributed by atoms with Crippen molar-refractivity contribution in [3.8, 4) is 11.1 Å². The summed E-state index contributed by atoms with van der Waals surface area (Å²) in [6.45, 7) is 2.03. The fourth-order valence-electron chi connectivity index (χ4n) is 2.28. The van der Waals surface area contributed by atoms with Crippen LogP contribution in [0.2, 0.25) is 10.3 Å². The molecule has 0 radical (unpaired) electrons. The summed E-state index contributed by atoms with van der Waals surface area (Å²) in [5, 5.41) is 1.16. The van der Waals surface area contributed by atoms with Crippen LogP contribution in [0.25, 0.3) is 11.1 Å². The highest BCUT2D eigenvalue weighted by Gasteiger charge is 2.23. The van der Waals surface area contributed by atoms with Gasteiger partial charge in [-0.05, 0) is 18.1 Å². The van der Waals surface area contributed by atoms with E-state index < -0.39 is 0 Å². The van der Waals surface area contributed by atoms with Gasteiger partial charge in [-0.1, -0.05) is 47.5 Å². The van der Waals surface area contributed by atoms with Crippen molar-refractivity contribution < 1.29 is 0 Å². The van der Waals surface area contributed by atoms with Gasteiger partial charge in [-0.2, -0.15) is 11.8 Å². The minimum absolute atomic E-state index is 0.282. The molecule has 1 aromatic heterocycles. The largest absolute Gasteiger partial charge is 0.219 e. The standard InChI is InChI=1S/C15H14Cl2N2S2/c1-9-4-2-3-5-10(9)12-13(16)18-15(19-14(12)17)11-8-20-6-7-21-11/h2-5,11H,6-8H2,1H3. The van der Waals surface area contributed by atoms with Crippen molar-refractivity contribution in [2.75, 3.05) is 17.3 Å². The third-order valence-electron chi connectivity index (χ3n) is 3.36. The van der Waals surface area contributed by atoms with Gasteiger partial charge < -0.3 is 0 Å². The zero-order valence-electron chi connectivity index (χ0n) is 11.5. The molecule has 1 aliphatic heterocycles. The quantitative estimate of drug-likeness (QED) is 0.683. The van der Waals surface area contributed by atoms with Crippen LogP contribution in [0, 0.1) is 6.92 Å². The first-order valence-electron chi connectivity index (χ1n) is 6.65. The number of hydrogen-bond acceptors (Lipinski definition) is 4. The minimum Gasteiger partial charge on any atom is -0.219 e. The van der Waals surface area contributed by atoms with E-state index in [0.717, 1.165) is 34.0 Å². The molecule has 1 atom stereocenters. The first-order valence-corrected chi connectivity index (χ1v) is 9.61. The van der Waals surface area contributed by atoms with E-state index in [1.54, 1.807) is 0 Å². The van der Waals surface area contributed by atoms with Crippen LogP contribution in [0.3, 0.4) is 0 Å². The molecule has 21 heavy (non-hydrogen) atoms. The van der Waals surface area contributed by atoms with Gasteiger partial charge >= 0.3 is 0 Å². The molecule has 110 valence electrons. The summed E-state index contributed by atoms with van der Waals surface area (Å²) < 4.78 is 0. The van der Waals surface area contributed by atoms with E-state index in [2.05, 4.69) is 9.97 Å². The van der Waals surface area contributed by atoms with Gasteiger partial charge in [0.15, 0.2) is 0 Å². The molecule has 1 aliphatic rings. The summed E-state index contributed by atoms with van der Waals surface area (Å²) in [4.78, 5) is 9.02. The van der Waals surface area contributed by atoms with Crippen LogP contribution < -0.4 is 0 Å². The molecule has 2 nitrogen and oxygen atoms in total. The molecule has 1 fully saturated rings. The molecule has 1 unspecified atom stereocenters. The van der Waals surface area contributed by atoms with Crippen molar-refractivity contribution in [1.82, 2.24) is 9.97 Å². The highest BCUT2D eigenvalue weighted by molar-refractivity contribution is 8.06. The topological polar surface area (TPSA) is 25.8 Å². The zero-order valence-corrected chi connectivity index (χ0v) is 14.6. The van der Waals surface area contributed by atoms with Gasteiger partial charge in [0.1, 0.15) is 16.1 Å². The van der Waals surface area contributed by atoms with Crippen LogP contribution >= 0.6 is 46.7 Å². The molecule has 6 heteroatoms. The maximum Gasteiger partial charge on any atom is 0.145 e. The molecule has 0 amide bonds. The first kappa shape index (κ1) is 15.5. The summed E-state index contributed by atoms with van der Waals surface area (Å²) >= 11 is 16.6. The summed E-state index contributed by atoms with van der Waals surface area (Å²) in [6.07, 6.45) is 0. The number of nitrogens with zero attached hydrogens (tertiary/aromatic N) is 2. The fraction of sp³-hybridized carbons (Fsp3) is 0.333. The van der Waals surface area contributed by atoms with Gasteiger partial charge in [-0.25, -0.2) is 9.97 Å². The third kappa shape index (κ3) is 3.34. The van der Waals surface area contributed by atoms with Gasteiger partial charge in [0.05, 0.1) is 10.8 Å². The number of aryl methyl sites for hydroxylation is 1. The van der Waals surface area contributed by atoms with E-state index >= 15 is 0 Å². The summed E-state index contributed by atoms with van der Waals surface area (Å²) in [6, 6.07) is 7.99. The van der Waals surface area contributed by atoms with Crippen molar-refractivity contribution in [3.05, 3.63) is 46.0 Å². The lowest BCUT2D eigenvalue weighted by Gasteiger charge is -2.20. The summed E-state index contributed by atoms with van der Waals surface area (Å²) in [7, 11) is 0. The second kappa shape index (κ2) is 6.78. The molecule has 0 aliphatic carbocycles. The molecular formula is C15H14Cl2N2S2. The molecule has 2 aromatic rings. The van der Waals surface area contributed by atoms with Crippen molar-refractivity contribution in [3.63, 3.8) is 0 Å². The smallest absolute Gasteiger partial charge is 0.145 e. The Morgan fingerprint density at radius 1 is 1.10 bits per heavy atom. The molecule has 0 spiro atoms. The second-order valence-corrected chi connectivity index (χ2v) is 7.96. The molecule has 2 heterocycles. The highest BCUT2D eigenvalue weighted by Crippen LogP contribution is 2.39. The van der Waals surface area contributed by atoms with Crippen molar-refractivity contribution in [1.29, 1.82) is 0 Å². The van der Waals surface area contributed by atoms with Crippen LogP contribution in [-0.4, -0.2) is 27.2 Å². The van der Waals surface area contributed by atoms with Crippen LogP contribution in [0.5, 0.6) is 0 Å². The van der Waals surface area contributed by atoms with Gasteiger partial charge in [0, 0.05) is 17.3 Å². The maximum absolute atomic E-state index is 6.41. The minimum atomic E-state index is 0.282. The van der Waals surface area contributed by atoms with E-state index in [1.807, 2.05) is 54.7 Å². The zero-order chi connectivity index (χ0) is 14.8. The van der Waals surface area contributed by atoms with Crippen molar-refractivity contribution in [2.45, 2.75) is 12.2 Å². The number of hydrogen-bond donors (Lipinski definition) is 0. The number of halogens is 2. The number of benzene rings is 1. The molecule has 0 saturated carbocycles. The molecular weight excluding hydrogens is 343 g/mol. The Morgan fingerprint density at radius 2 is 1.81 bits per heavy atom. The predicted octanol–water partition coefficient (Wildman–Crippen LogP) is 5.28. The molecule has 1 saturated heterocycles. The van der Waals surface area contributed by atoms with E-state index in [4.69, 9.17) is 23.2 Å². The van der Waals surface area contributed by atoms with E-state index in [1.165, 1.54) is 5.75 Å². The van der Waals surface area contributed by atoms with E-state index in [0.29, 0.717) is 10.3 Å². The lowest BCUT2D eigenvalue weighted by atomic mass is 10.0. The Labute approximate surface area is 143 Å². The number of rotatable bonds is 2. The van der Waals surface area contributed by atoms with Crippen LogP contribution in [0.1, 0.15) is 16.6 Å². The van der Waals surface area contributed by atoms with Crippen LogP contribution in [-0.2, 0) is 0 Å². The molecule has 0 N–H and O–H groups in total. The van der Waals surface area contributed by atoms with Crippen LogP contribution in [0.4, 0.5) is 0 Å². The average molecular weight is 357 g/mol. The van der Waals surface area contributed by atoms with E-state index in [-0.39, 0.29) is 5.25 Å². The normalized spacial score (nSPS) is 18.7. The number of aromatic nitrogens is 2. The lowest BCUT2D eigenvalue weighted by Crippen LogP contribution is -2.11. The van der Waals surface area contributed by atoms with Crippen molar-refractivity contribution in [2.24, 2.45) is 0 Å².